The Morgan fingerprint density at radius 2 is 1.62 bits per heavy atom. The molecule has 4 aromatic rings. The molecule has 5 rings (SSSR count). The fourth-order valence-electron chi connectivity index (χ4n) is 4.12. The number of aromatic nitrogens is 2. The molecule has 0 fully saturated rings. The highest BCUT2D eigenvalue weighted by atomic mass is 16.3. The van der Waals surface area contributed by atoms with Crippen LogP contribution < -0.4 is 5.32 Å². The molecule has 5 nitrogen and oxygen atoms in total. The van der Waals surface area contributed by atoms with E-state index in [0.717, 1.165) is 41.1 Å². The number of nitrogens with one attached hydrogen (secondary N) is 1. The first-order valence-electron chi connectivity index (χ1n) is 10.8. The summed E-state index contributed by atoms with van der Waals surface area (Å²) in [7, 11) is 0. The molecule has 0 saturated heterocycles. The zero-order chi connectivity index (χ0) is 21.9. The molecule has 32 heavy (non-hydrogen) atoms. The van der Waals surface area contributed by atoms with Crippen LogP contribution in [0.4, 0.5) is 5.82 Å². The number of phenols is 1. The second-order valence-corrected chi connectivity index (χ2v) is 7.96. The number of hydrogen-bond acceptors (Lipinski definition) is 4. The molecule has 3 aromatic carbocycles. The molecule has 0 spiro atoms. The van der Waals surface area contributed by atoms with Gasteiger partial charge in [-0.1, -0.05) is 48.5 Å². The molecule has 0 unspecified atom stereocenters. The number of anilines is 1. The van der Waals surface area contributed by atoms with Crippen molar-refractivity contribution in [2.75, 3.05) is 5.32 Å². The minimum absolute atomic E-state index is 0.193. The average Bonchev–Trinajstić information content (AvgIpc) is 2.83. The lowest BCUT2D eigenvalue weighted by Crippen LogP contribution is -2.18. The van der Waals surface area contributed by atoms with Crippen molar-refractivity contribution in [3.8, 4) is 17.0 Å². The fraction of sp³-hybridized carbons (Fsp3) is 0.148. The third kappa shape index (κ3) is 4.10. The van der Waals surface area contributed by atoms with Gasteiger partial charge in [-0.15, -0.1) is 0 Å². The lowest BCUT2D eigenvalue weighted by atomic mass is 9.91. The van der Waals surface area contributed by atoms with Crippen molar-refractivity contribution in [3.63, 3.8) is 0 Å². The van der Waals surface area contributed by atoms with Crippen LogP contribution in [0.5, 0.6) is 5.75 Å². The Morgan fingerprint density at radius 3 is 2.41 bits per heavy atom. The van der Waals surface area contributed by atoms with E-state index in [0.29, 0.717) is 24.2 Å². The van der Waals surface area contributed by atoms with Crippen LogP contribution in [0.1, 0.15) is 32.9 Å². The van der Waals surface area contributed by atoms with Gasteiger partial charge in [-0.3, -0.25) is 4.79 Å². The van der Waals surface area contributed by atoms with Gasteiger partial charge in [-0.2, -0.15) is 0 Å². The first-order valence-corrected chi connectivity index (χ1v) is 10.8. The van der Waals surface area contributed by atoms with Gasteiger partial charge < -0.3 is 10.4 Å². The quantitative estimate of drug-likeness (QED) is 0.476. The summed E-state index contributed by atoms with van der Waals surface area (Å²) < 4.78 is 0. The number of fused-ring (bicyclic) bond motifs is 3. The average molecular weight is 422 g/mol. The number of benzene rings is 3. The third-order valence-electron chi connectivity index (χ3n) is 5.78. The summed E-state index contributed by atoms with van der Waals surface area (Å²) >= 11 is 0. The second-order valence-electron chi connectivity index (χ2n) is 7.96. The lowest BCUT2D eigenvalue weighted by Gasteiger charge is -2.21. The van der Waals surface area contributed by atoms with Crippen LogP contribution in [0.15, 0.2) is 78.9 Å². The number of carbonyl (C=O) groups is 1. The van der Waals surface area contributed by atoms with Crippen LogP contribution >= 0.6 is 0 Å². The van der Waals surface area contributed by atoms with E-state index in [4.69, 9.17) is 9.97 Å². The van der Waals surface area contributed by atoms with E-state index in [1.165, 1.54) is 5.56 Å². The summed E-state index contributed by atoms with van der Waals surface area (Å²) in [6.07, 6.45) is 2.94. The highest BCUT2D eigenvalue weighted by molar-refractivity contribution is 6.04. The van der Waals surface area contributed by atoms with Gasteiger partial charge in [0.1, 0.15) is 5.75 Å². The zero-order valence-electron chi connectivity index (χ0n) is 17.6. The summed E-state index contributed by atoms with van der Waals surface area (Å²) in [6, 6.07) is 24.8. The van der Waals surface area contributed by atoms with Gasteiger partial charge in [-0.25, -0.2) is 9.97 Å². The number of nitrogens with zero attached hydrogens (tertiary/aromatic N) is 2. The van der Waals surface area contributed by atoms with Gasteiger partial charge in [-0.05, 0) is 67.1 Å². The van der Waals surface area contributed by atoms with Crippen molar-refractivity contribution in [3.05, 3.63) is 107 Å². The monoisotopic (exact) mass is 421 g/mol. The van der Waals surface area contributed by atoms with E-state index < -0.39 is 0 Å². The Morgan fingerprint density at radius 1 is 0.875 bits per heavy atom. The number of amides is 1. The normalized spacial score (nSPS) is 12.0. The van der Waals surface area contributed by atoms with Crippen molar-refractivity contribution in [1.29, 1.82) is 0 Å². The maximum absolute atomic E-state index is 12.8. The highest BCUT2D eigenvalue weighted by Gasteiger charge is 2.23. The molecule has 1 aromatic heterocycles. The Balaban J connectivity index is 1.52. The van der Waals surface area contributed by atoms with Gasteiger partial charge in [0.15, 0.2) is 5.82 Å². The molecule has 0 bridgehead atoms. The molecule has 0 aliphatic heterocycles. The van der Waals surface area contributed by atoms with E-state index >= 15 is 0 Å². The van der Waals surface area contributed by atoms with Gasteiger partial charge in [0.05, 0.1) is 17.1 Å². The maximum atomic E-state index is 12.8. The first kappa shape index (κ1) is 19.9. The summed E-state index contributed by atoms with van der Waals surface area (Å²) in [6.45, 7) is 0. The minimum Gasteiger partial charge on any atom is -0.508 e. The van der Waals surface area contributed by atoms with Crippen LogP contribution in [0.25, 0.3) is 11.3 Å². The van der Waals surface area contributed by atoms with Crippen molar-refractivity contribution >= 4 is 11.7 Å². The summed E-state index contributed by atoms with van der Waals surface area (Å²) in [4.78, 5) is 22.7. The molecule has 1 heterocycles. The SMILES string of the molecule is O=C(Nc1nc2c(nc1CCc1ccccc1)-c1ccc(O)cc1CC2)c1ccccc1. The van der Waals surface area contributed by atoms with Crippen LogP contribution in [-0.2, 0) is 25.7 Å². The standard InChI is InChI=1S/C27H23N3O2/c31-21-13-14-22-20(17-21)12-16-23-25(22)28-24(15-11-18-7-3-1-4-8-18)26(29-23)30-27(32)19-9-5-2-6-10-19/h1-10,13-14,17,31H,11-12,15-16H2,(H,29,30,32). The molecule has 1 aliphatic carbocycles. The molecular weight excluding hydrogens is 398 g/mol. The predicted molar refractivity (Wildman–Crippen MR) is 125 cm³/mol. The van der Waals surface area contributed by atoms with E-state index in [-0.39, 0.29) is 11.7 Å². The van der Waals surface area contributed by atoms with E-state index in [9.17, 15) is 9.90 Å². The molecule has 5 heteroatoms. The highest BCUT2D eigenvalue weighted by Crippen LogP contribution is 2.34. The lowest BCUT2D eigenvalue weighted by molar-refractivity contribution is 0.102. The van der Waals surface area contributed by atoms with Gasteiger partial charge in [0.25, 0.3) is 5.91 Å². The predicted octanol–water partition coefficient (Wildman–Crippen LogP) is 4.99. The van der Waals surface area contributed by atoms with Crippen molar-refractivity contribution in [1.82, 2.24) is 9.97 Å². The number of carbonyl (C=O) groups excluding carboxylic acids is 1. The molecule has 0 saturated carbocycles. The number of aromatic hydroxyl groups is 1. The third-order valence-corrected chi connectivity index (χ3v) is 5.78. The second kappa shape index (κ2) is 8.63. The summed E-state index contributed by atoms with van der Waals surface area (Å²) in [5.41, 5.74) is 6.33. The molecule has 0 radical (unpaired) electrons. The Hall–Kier alpha value is -3.99. The number of rotatable bonds is 5. The van der Waals surface area contributed by atoms with Crippen LogP contribution in [0, 0.1) is 0 Å². The van der Waals surface area contributed by atoms with Crippen molar-refractivity contribution < 1.29 is 9.90 Å². The largest absolute Gasteiger partial charge is 0.508 e. The van der Waals surface area contributed by atoms with E-state index in [2.05, 4.69) is 17.4 Å². The molecule has 2 N–H and O–H groups in total. The Labute approximate surface area is 186 Å². The van der Waals surface area contributed by atoms with Crippen LogP contribution in [0.2, 0.25) is 0 Å². The summed E-state index contributed by atoms with van der Waals surface area (Å²) in [5, 5.41) is 12.9. The molecular formula is C27H23N3O2. The van der Waals surface area contributed by atoms with Gasteiger partial charge >= 0.3 is 0 Å². The molecule has 1 aliphatic rings. The first-order chi connectivity index (χ1) is 15.7. The smallest absolute Gasteiger partial charge is 0.256 e. The maximum Gasteiger partial charge on any atom is 0.256 e. The van der Waals surface area contributed by atoms with E-state index in [1.54, 1.807) is 24.3 Å². The molecule has 158 valence electrons. The topological polar surface area (TPSA) is 75.1 Å². The fourth-order valence-corrected chi connectivity index (χ4v) is 4.12. The Kier molecular flexibility index (Phi) is 5.38. The number of hydrogen-bond donors (Lipinski definition) is 2. The van der Waals surface area contributed by atoms with Crippen molar-refractivity contribution in [2.24, 2.45) is 0 Å². The Bertz CT molecular complexity index is 1270. The van der Waals surface area contributed by atoms with Crippen LogP contribution in [-0.4, -0.2) is 21.0 Å². The minimum atomic E-state index is -0.193. The number of aryl methyl sites for hydroxylation is 4. The van der Waals surface area contributed by atoms with Gasteiger partial charge in [0.2, 0.25) is 0 Å². The molecule has 1 amide bonds. The van der Waals surface area contributed by atoms with E-state index in [1.807, 2.05) is 42.5 Å². The number of phenolic OH excluding ortho intramolecular Hbond substituents is 1. The van der Waals surface area contributed by atoms with Crippen molar-refractivity contribution in [2.45, 2.75) is 25.7 Å². The zero-order valence-corrected chi connectivity index (χ0v) is 17.6. The van der Waals surface area contributed by atoms with Crippen LogP contribution in [0.3, 0.4) is 0 Å². The van der Waals surface area contributed by atoms with Gasteiger partial charge in [0, 0.05) is 11.1 Å². The molecule has 0 atom stereocenters. The summed E-state index contributed by atoms with van der Waals surface area (Å²) in [5.74, 6) is 0.592.